The Morgan fingerprint density at radius 3 is 2.20 bits per heavy atom. The maximum absolute atomic E-state index is 10.1. The molecule has 0 saturated heterocycles. The molecule has 1 unspecified atom stereocenters. The molecule has 0 spiro atoms. The molecule has 20 heavy (non-hydrogen) atoms. The van der Waals surface area contributed by atoms with Crippen molar-refractivity contribution in [3.8, 4) is 0 Å². The first kappa shape index (κ1) is 17.2. The Kier molecular flexibility index (Phi) is 8.60. The summed E-state index contributed by atoms with van der Waals surface area (Å²) in [6.45, 7) is 6.53. The summed E-state index contributed by atoms with van der Waals surface area (Å²) in [7, 11) is 0. The Balaban J connectivity index is 2.13. The van der Waals surface area contributed by atoms with Crippen molar-refractivity contribution in [2.75, 3.05) is 0 Å². The fourth-order valence-corrected chi connectivity index (χ4v) is 2.64. The van der Waals surface area contributed by atoms with Gasteiger partial charge in [0.1, 0.15) is 0 Å². The van der Waals surface area contributed by atoms with E-state index in [9.17, 15) is 5.11 Å². The van der Waals surface area contributed by atoms with E-state index in [4.69, 9.17) is 0 Å². The SMILES string of the molecule is CCCCCCCCCC(O)Cc1ccc(C)c(C)c1. The van der Waals surface area contributed by atoms with E-state index >= 15 is 0 Å². The van der Waals surface area contributed by atoms with E-state index in [0.29, 0.717) is 0 Å². The minimum absolute atomic E-state index is 0.173. The molecule has 1 atom stereocenters. The summed E-state index contributed by atoms with van der Waals surface area (Å²) in [5.74, 6) is 0. The Bertz CT molecular complexity index is 370. The van der Waals surface area contributed by atoms with Crippen LogP contribution in [0.15, 0.2) is 18.2 Å². The van der Waals surface area contributed by atoms with E-state index in [1.807, 2.05) is 0 Å². The molecule has 0 aromatic heterocycles. The molecule has 0 amide bonds. The third-order valence-electron chi connectivity index (χ3n) is 4.18. The summed E-state index contributed by atoms with van der Waals surface area (Å²) in [5, 5.41) is 10.1. The van der Waals surface area contributed by atoms with E-state index in [2.05, 4.69) is 39.0 Å². The minimum Gasteiger partial charge on any atom is -0.393 e. The summed E-state index contributed by atoms with van der Waals surface area (Å²) in [5.41, 5.74) is 3.92. The van der Waals surface area contributed by atoms with E-state index < -0.39 is 0 Å². The number of unbranched alkanes of at least 4 members (excludes halogenated alkanes) is 6. The predicted molar refractivity (Wildman–Crippen MR) is 88.2 cm³/mol. The molecule has 0 saturated carbocycles. The number of aryl methyl sites for hydroxylation is 2. The summed E-state index contributed by atoms with van der Waals surface area (Å²) in [4.78, 5) is 0. The number of aliphatic hydroxyl groups excluding tert-OH is 1. The van der Waals surface area contributed by atoms with Crippen molar-refractivity contribution in [1.82, 2.24) is 0 Å². The molecule has 1 nitrogen and oxygen atoms in total. The van der Waals surface area contributed by atoms with Gasteiger partial charge in [0.25, 0.3) is 0 Å². The normalized spacial score (nSPS) is 12.6. The molecule has 1 rings (SSSR count). The molecular weight excluding hydrogens is 244 g/mol. The standard InChI is InChI=1S/C19H32O/c1-4-5-6-7-8-9-10-11-19(20)15-18-13-12-16(2)17(3)14-18/h12-14,19-20H,4-11,15H2,1-3H3. The van der Waals surface area contributed by atoms with Crippen molar-refractivity contribution in [2.45, 2.75) is 84.7 Å². The second kappa shape index (κ2) is 9.99. The van der Waals surface area contributed by atoms with Crippen LogP contribution in [0.5, 0.6) is 0 Å². The number of aliphatic hydroxyl groups is 1. The largest absolute Gasteiger partial charge is 0.393 e. The minimum atomic E-state index is -0.173. The summed E-state index contributed by atoms with van der Waals surface area (Å²) < 4.78 is 0. The number of hydrogen-bond acceptors (Lipinski definition) is 1. The monoisotopic (exact) mass is 276 g/mol. The second-order valence-corrected chi connectivity index (χ2v) is 6.19. The van der Waals surface area contributed by atoms with Crippen molar-refractivity contribution < 1.29 is 5.11 Å². The highest BCUT2D eigenvalue weighted by Gasteiger charge is 2.06. The van der Waals surface area contributed by atoms with Crippen LogP contribution in [0.25, 0.3) is 0 Å². The van der Waals surface area contributed by atoms with Gasteiger partial charge in [-0.15, -0.1) is 0 Å². The molecule has 1 N–H and O–H groups in total. The molecule has 0 aliphatic rings. The first-order chi connectivity index (χ1) is 9.63. The maximum Gasteiger partial charge on any atom is 0.0580 e. The van der Waals surface area contributed by atoms with Crippen LogP contribution in [0, 0.1) is 13.8 Å². The molecule has 114 valence electrons. The van der Waals surface area contributed by atoms with E-state index in [0.717, 1.165) is 19.3 Å². The van der Waals surface area contributed by atoms with Gasteiger partial charge in [-0.25, -0.2) is 0 Å². The fourth-order valence-electron chi connectivity index (χ4n) is 2.64. The van der Waals surface area contributed by atoms with Gasteiger partial charge in [-0.3, -0.25) is 0 Å². The Labute approximate surface area is 125 Å². The molecule has 0 aliphatic heterocycles. The lowest BCUT2D eigenvalue weighted by molar-refractivity contribution is 0.161. The number of rotatable bonds is 10. The zero-order chi connectivity index (χ0) is 14.8. The quantitative estimate of drug-likeness (QED) is 0.571. The van der Waals surface area contributed by atoms with Gasteiger partial charge in [-0.1, -0.05) is 70.1 Å². The van der Waals surface area contributed by atoms with E-state index in [-0.39, 0.29) is 6.10 Å². The second-order valence-electron chi connectivity index (χ2n) is 6.19. The molecule has 0 aliphatic carbocycles. The van der Waals surface area contributed by atoms with Crippen LogP contribution in [0.3, 0.4) is 0 Å². The van der Waals surface area contributed by atoms with Crippen LogP contribution >= 0.6 is 0 Å². The predicted octanol–water partition coefficient (Wildman–Crippen LogP) is 5.35. The van der Waals surface area contributed by atoms with Crippen molar-refractivity contribution in [2.24, 2.45) is 0 Å². The Morgan fingerprint density at radius 1 is 0.900 bits per heavy atom. The van der Waals surface area contributed by atoms with E-state index in [1.54, 1.807) is 0 Å². The van der Waals surface area contributed by atoms with Gasteiger partial charge < -0.3 is 5.11 Å². The molecule has 0 bridgehead atoms. The highest BCUT2D eigenvalue weighted by atomic mass is 16.3. The molecule has 1 aromatic carbocycles. The van der Waals surface area contributed by atoms with Crippen molar-refractivity contribution >= 4 is 0 Å². The third kappa shape index (κ3) is 7.09. The van der Waals surface area contributed by atoms with Gasteiger partial charge in [0.15, 0.2) is 0 Å². The molecule has 0 fully saturated rings. The molecule has 1 heteroatoms. The summed E-state index contributed by atoms with van der Waals surface area (Å²) in [6, 6.07) is 6.52. The zero-order valence-electron chi connectivity index (χ0n) is 13.6. The lowest BCUT2D eigenvalue weighted by Crippen LogP contribution is -2.10. The Hall–Kier alpha value is -0.820. The van der Waals surface area contributed by atoms with Gasteiger partial charge in [-0.2, -0.15) is 0 Å². The van der Waals surface area contributed by atoms with Gasteiger partial charge in [-0.05, 0) is 43.4 Å². The van der Waals surface area contributed by atoms with Crippen molar-refractivity contribution in [1.29, 1.82) is 0 Å². The summed E-state index contributed by atoms with van der Waals surface area (Å²) in [6.07, 6.45) is 10.8. The zero-order valence-corrected chi connectivity index (χ0v) is 13.6. The van der Waals surface area contributed by atoms with Gasteiger partial charge in [0, 0.05) is 0 Å². The van der Waals surface area contributed by atoms with Crippen LogP contribution in [-0.2, 0) is 6.42 Å². The lowest BCUT2D eigenvalue weighted by atomic mass is 9.99. The van der Waals surface area contributed by atoms with Crippen molar-refractivity contribution in [3.05, 3.63) is 34.9 Å². The maximum atomic E-state index is 10.1. The molecule has 0 heterocycles. The average Bonchev–Trinajstić information content (AvgIpc) is 2.42. The van der Waals surface area contributed by atoms with Crippen LogP contribution < -0.4 is 0 Å². The molecular formula is C19H32O. The molecule has 0 radical (unpaired) electrons. The average molecular weight is 276 g/mol. The first-order valence-electron chi connectivity index (χ1n) is 8.37. The van der Waals surface area contributed by atoms with Crippen LogP contribution in [0.1, 0.15) is 75.0 Å². The highest BCUT2D eigenvalue weighted by molar-refractivity contribution is 5.30. The van der Waals surface area contributed by atoms with Crippen molar-refractivity contribution in [3.63, 3.8) is 0 Å². The lowest BCUT2D eigenvalue weighted by Gasteiger charge is -2.12. The first-order valence-corrected chi connectivity index (χ1v) is 8.37. The topological polar surface area (TPSA) is 20.2 Å². The fraction of sp³-hybridized carbons (Fsp3) is 0.684. The summed E-state index contributed by atoms with van der Waals surface area (Å²) >= 11 is 0. The van der Waals surface area contributed by atoms with Crippen LogP contribution in [-0.4, -0.2) is 11.2 Å². The smallest absolute Gasteiger partial charge is 0.0580 e. The van der Waals surface area contributed by atoms with Gasteiger partial charge in [0.2, 0.25) is 0 Å². The number of hydrogen-bond donors (Lipinski definition) is 1. The van der Waals surface area contributed by atoms with Crippen LogP contribution in [0.4, 0.5) is 0 Å². The van der Waals surface area contributed by atoms with E-state index in [1.165, 1.54) is 55.2 Å². The number of benzene rings is 1. The van der Waals surface area contributed by atoms with Gasteiger partial charge in [0.05, 0.1) is 6.10 Å². The van der Waals surface area contributed by atoms with Gasteiger partial charge >= 0.3 is 0 Å². The Morgan fingerprint density at radius 2 is 1.55 bits per heavy atom. The third-order valence-corrected chi connectivity index (χ3v) is 4.18. The van der Waals surface area contributed by atoms with Crippen LogP contribution in [0.2, 0.25) is 0 Å². The highest BCUT2D eigenvalue weighted by Crippen LogP contribution is 2.15. The molecule has 1 aromatic rings.